The normalized spacial score (nSPS) is 14.2. The van der Waals surface area contributed by atoms with E-state index in [4.69, 9.17) is 9.47 Å². The first-order valence-corrected chi connectivity index (χ1v) is 11.1. The van der Waals surface area contributed by atoms with Gasteiger partial charge in [-0.3, -0.25) is 9.69 Å². The van der Waals surface area contributed by atoms with Crippen LogP contribution in [0.25, 0.3) is 11.1 Å². The van der Waals surface area contributed by atoms with Crippen molar-refractivity contribution in [3.63, 3.8) is 0 Å². The highest BCUT2D eigenvalue weighted by molar-refractivity contribution is 6.00. The highest BCUT2D eigenvalue weighted by Crippen LogP contribution is 2.26. The predicted octanol–water partition coefficient (Wildman–Crippen LogP) is 4.34. The predicted molar refractivity (Wildman–Crippen MR) is 127 cm³/mol. The van der Waals surface area contributed by atoms with E-state index in [1.54, 1.807) is 7.11 Å². The Hall–Kier alpha value is -3.15. The maximum Gasteiger partial charge on any atom is 0.254 e. The number of ether oxygens (including phenoxy) is 2. The molecule has 1 aliphatic heterocycles. The Balaban J connectivity index is 1.62. The number of carbonyl (C=O) groups is 1. The Bertz CT molecular complexity index is 1020. The summed E-state index contributed by atoms with van der Waals surface area (Å²) >= 11 is 0. The number of rotatable bonds is 8. The Morgan fingerprint density at radius 2 is 1.62 bits per heavy atom. The highest BCUT2D eigenvalue weighted by Gasteiger charge is 2.22. The molecule has 0 spiro atoms. The lowest BCUT2D eigenvalue weighted by molar-refractivity contribution is 0.0320. The van der Waals surface area contributed by atoms with E-state index in [0.717, 1.165) is 60.9 Å². The van der Waals surface area contributed by atoms with Gasteiger partial charge in [-0.1, -0.05) is 66.7 Å². The van der Waals surface area contributed by atoms with E-state index in [0.29, 0.717) is 13.1 Å². The quantitative estimate of drug-likeness (QED) is 0.533. The zero-order chi connectivity index (χ0) is 22.2. The number of hydrogen-bond acceptors (Lipinski definition) is 4. The first-order valence-electron chi connectivity index (χ1n) is 11.1. The molecule has 0 unspecified atom stereocenters. The molecule has 0 aromatic heterocycles. The van der Waals surface area contributed by atoms with Crippen molar-refractivity contribution in [3.05, 3.63) is 90.0 Å². The van der Waals surface area contributed by atoms with Crippen LogP contribution >= 0.6 is 0 Å². The molecule has 1 saturated heterocycles. The zero-order valence-electron chi connectivity index (χ0n) is 18.6. The molecule has 3 aromatic rings. The molecule has 5 nitrogen and oxygen atoms in total. The van der Waals surface area contributed by atoms with E-state index in [2.05, 4.69) is 4.90 Å². The second-order valence-electron chi connectivity index (χ2n) is 7.90. The SMILES string of the molecule is COc1ccccc1CN(CCN1CCOCC1)C(=O)c1ccccc1-c1ccccc1. The fraction of sp³-hybridized carbons (Fsp3) is 0.296. The van der Waals surface area contributed by atoms with Crippen LogP contribution in [0.3, 0.4) is 0 Å². The van der Waals surface area contributed by atoms with Gasteiger partial charge in [-0.25, -0.2) is 0 Å². The van der Waals surface area contributed by atoms with E-state index >= 15 is 0 Å². The van der Waals surface area contributed by atoms with Crippen LogP contribution in [-0.4, -0.2) is 62.2 Å². The van der Waals surface area contributed by atoms with Gasteiger partial charge < -0.3 is 14.4 Å². The molecule has 5 heteroatoms. The molecule has 1 fully saturated rings. The minimum atomic E-state index is 0.0311. The van der Waals surface area contributed by atoms with Gasteiger partial charge in [0.25, 0.3) is 5.91 Å². The van der Waals surface area contributed by atoms with Crippen molar-refractivity contribution in [3.8, 4) is 16.9 Å². The molecule has 4 rings (SSSR count). The molecule has 32 heavy (non-hydrogen) atoms. The smallest absolute Gasteiger partial charge is 0.254 e. The topological polar surface area (TPSA) is 42.0 Å². The number of hydrogen-bond donors (Lipinski definition) is 0. The molecule has 1 amide bonds. The van der Waals surface area contributed by atoms with Crippen molar-refractivity contribution < 1.29 is 14.3 Å². The molecule has 0 bridgehead atoms. The maximum absolute atomic E-state index is 13.9. The summed E-state index contributed by atoms with van der Waals surface area (Å²) in [4.78, 5) is 18.2. The number of benzene rings is 3. The van der Waals surface area contributed by atoms with Gasteiger partial charge >= 0.3 is 0 Å². The molecule has 166 valence electrons. The fourth-order valence-electron chi connectivity index (χ4n) is 4.09. The summed E-state index contributed by atoms with van der Waals surface area (Å²) in [6.07, 6.45) is 0. The van der Waals surface area contributed by atoms with Crippen LogP contribution in [0.4, 0.5) is 0 Å². The lowest BCUT2D eigenvalue weighted by Gasteiger charge is -2.31. The van der Waals surface area contributed by atoms with Gasteiger partial charge in [0.1, 0.15) is 5.75 Å². The van der Waals surface area contributed by atoms with Gasteiger partial charge in [-0.2, -0.15) is 0 Å². The van der Waals surface area contributed by atoms with E-state index in [1.807, 2.05) is 83.8 Å². The van der Waals surface area contributed by atoms with E-state index in [9.17, 15) is 4.79 Å². The van der Waals surface area contributed by atoms with Crippen LogP contribution in [0.5, 0.6) is 5.75 Å². The monoisotopic (exact) mass is 430 g/mol. The van der Waals surface area contributed by atoms with Crippen LogP contribution in [0.1, 0.15) is 15.9 Å². The summed E-state index contributed by atoms with van der Waals surface area (Å²) in [5.74, 6) is 0.830. The van der Waals surface area contributed by atoms with Gasteiger partial charge in [0, 0.05) is 43.9 Å². The summed E-state index contributed by atoms with van der Waals surface area (Å²) in [7, 11) is 1.67. The van der Waals surface area contributed by atoms with Crippen molar-refractivity contribution >= 4 is 5.91 Å². The van der Waals surface area contributed by atoms with E-state index in [-0.39, 0.29) is 5.91 Å². The highest BCUT2D eigenvalue weighted by atomic mass is 16.5. The van der Waals surface area contributed by atoms with Crippen LogP contribution in [0.15, 0.2) is 78.9 Å². The lowest BCUT2D eigenvalue weighted by Crippen LogP contribution is -2.43. The number of methoxy groups -OCH3 is 1. The van der Waals surface area contributed by atoms with Gasteiger partial charge in [0.05, 0.1) is 20.3 Å². The summed E-state index contributed by atoms with van der Waals surface area (Å²) in [5.41, 5.74) is 3.72. The Kier molecular flexibility index (Phi) is 7.54. The largest absolute Gasteiger partial charge is 0.496 e. The number of nitrogens with zero attached hydrogens (tertiary/aromatic N) is 2. The molecule has 3 aromatic carbocycles. The van der Waals surface area contributed by atoms with E-state index in [1.165, 1.54) is 0 Å². The summed E-state index contributed by atoms with van der Waals surface area (Å²) in [6, 6.07) is 25.9. The molecule has 0 saturated carbocycles. The summed E-state index contributed by atoms with van der Waals surface area (Å²) in [5, 5.41) is 0. The first-order chi connectivity index (χ1) is 15.8. The van der Waals surface area contributed by atoms with Crippen LogP contribution in [-0.2, 0) is 11.3 Å². The number of para-hydroxylation sites is 1. The molecule has 1 aliphatic rings. The standard InChI is InChI=1S/C27H30N2O3/c1-31-26-14-8-5-11-23(26)21-29(16-15-28-17-19-32-20-18-28)27(30)25-13-7-6-12-24(25)22-9-3-2-4-10-22/h2-14H,15-21H2,1H3. The van der Waals surface area contributed by atoms with Crippen molar-refractivity contribution in [2.75, 3.05) is 46.5 Å². The molecule has 1 heterocycles. The molecule has 0 atom stereocenters. The molecule has 0 aliphatic carbocycles. The van der Waals surface area contributed by atoms with Gasteiger partial charge in [0.2, 0.25) is 0 Å². The third-order valence-corrected chi connectivity index (χ3v) is 5.87. The molecular formula is C27H30N2O3. The molecular weight excluding hydrogens is 400 g/mol. The Labute approximate surface area is 190 Å². The van der Waals surface area contributed by atoms with E-state index < -0.39 is 0 Å². The summed E-state index contributed by atoms with van der Waals surface area (Å²) in [6.45, 7) is 5.25. The van der Waals surface area contributed by atoms with Crippen molar-refractivity contribution in [2.45, 2.75) is 6.54 Å². The summed E-state index contributed by atoms with van der Waals surface area (Å²) < 4.78 is 11.0. The fourth-order valence-corrected chi connectivity index (χ4v) is 4.09. The Morgan fingerprint density at radius 3 is 2.41 bits per heavy atom. The first kappa shape index (κ1) is 22.1. The minimum absolute atomic E-state index is 0.0311. The molecule has 0 N–H and O–H groups in total. The lowest BCUT2D eigenvalue weighted by atomic mass is 9.98. The van der Waals surface area contributed by atoms with Crippen molar-refractivity contribution in [1.29, 1.82) is 0 Å². The third kappa shape index (κ3) is 5.36. The van der Waals surface area contributed by atoms with Gasteiger partial charge in [0.15, 0.2) is 0 Å². The number of amides is 1. The van der Waals surface area contributed by atoms with Crippen LogP contribution in [0, 0.1) is 0 Å². The average Bonchev–Trinajstić information content (AvgIpc) is 2.87. The van der Waals surface area contributed by atoms with Crippen LogP contribution in [0.2, 0.25) is 0 Å². The van der Waals surface area contributed by atoms with Crippen molar-refractivity contribution in [1.82, 2.24) is 9.80 Å². The van der Waals surface area contributed by atoms with Gasteiger partial charge in [-0.05, 0) is 23.3 Å². The number of carbonyl (C=O) groups excluding carboxylic acids is 1. The third-order valence-electron chi connectivity index (χ3n) is 5.87. The number of morpholine rings is 1. The zero-order valence-corrected chi connectivity index (χ0v) is 18.6. The maximum atomic E-state index is 13.9. The van der Waals surface area contributed by atoms with Crippen LogP contribution < -0.4 is 4.74 Å². The molecule has 0 radical (unpaired) electrons. The second kappa shape index (κ2) is 10.9. The van der Waals surface area contributed by atoms with Gasteiger partial charge in [-0.15, -0.1) is 0 Å². The average molecular weight is 431 g/mol. The minimum Gasteiger partial charge on any atom is -0.496 e. The Morgan fingerprint density at radius 1 is 0.938 bits per heavy atom. The second-order valence-corrected chi connectivity index (χ2v) is 7.90. The van der Waals surface area contributed by atoms with Crippen molar-refractivity contribution in [2.24, 2.45) is 0 Å².